The molecule has 3 aromatic rings. The summed E-state index contributed by atoms with van der Waals surface area (Å²) in [6.45, 7) is 1.13. The summed E-state index contributed by atoms with van der Waals surface area (Å²) in [6.07, 6.45) is 1.84. The molecule has 0 bridgehead atoms. The van der Waals surface area contributed by atoms with Crippen molar-refractivity contribution in [2.45, 2.75) is 26.0 Å². The van der Waals surface area contributed by atoms with Crippen molar-refractivity contribution in [2.75, 3.05) is 0 Å². The van der Waals surface area contributed by atoms with Crippen LogP contribution in [0.15, 0.2) is 47.3 Å². The molecule has 1 aromatic heterocycles. The van der Waals surface area contributed by atoms with Gasteiger partial charge in [0.05, 0.1) is 22.5 Å². The molecule has 1 aliphatic rings. The van der Waals surface area contributed by atoms with Crippen LogP contribution < -0.4 is 10.3 Å². The first-order valence-electron chi connectivity index (χ1n) is 7.90. The molecule has 0 radical (unpaired) electrons. The average molecular weight is 317 g/mol. The lowest BCUT2D eigenvalue weighted by molar-refractivity contribution is 0.306. The molecular weight excluding hydrogens is 302 g/mol. The van der Waals surface area contributed by atoms with Crippen LogP contribution in [0.1, 0.15) is 23.4 Å². The summed E-state index contributed by atoms with van der Waals surface area (Å²) in [4.78, 5) is 17.1. The van der Waals surface area contributed by atoms with Gasteiger partial charge >= 0.3 is 0 Å². The lowest BCUT2D eigenvalue weighted by atomic mass is 10.1. The largest absolute Gasteiger partial charge is 0.489 e. The van der Waals surface area contributed by atoms with E-state index in [4.69, 9.17) is 10.00 Å². The summed E-state index contributed by atoms with van der Waals surface area (Å²) in [7, 11) is 0. The first-order chi connectivity index (χ1) is 11.7. The first kappa shape index (κ1) is 14.5. The fourth-order valence-corrected chi connectivity index (χ4v) is 2.99. The molecule has 0 amide bonds. The monoisotopic (exact) mass is 317 g/mol. The third kappa shape index (κ3) is 2.52. The minimum atomic E-state index is 0.0105. The molecule has 2 heterocycles. The van der Waals surface area contributed by atoms with Gasteiger partial charge in [-0.2, -0.15) is 5.26 Å². The van der Waals surface area contributed by atoms with E-state index in [1.807, 2.05) is 24.3 Å². The van der Waals surface area contributed by atoms with E-state index in [0.29, 0.717) is 23.3 Å². The maximum atomic E-state index is 12.6. The van der Waals surface area contributed by atoms with Crippen LogP contribution in [0.4, 0.5) is 0 Å². The standard InChI is InChI=1S/C19H15N3O2/c20-11-13-3-5-14(6-4-13)12-24-15-7-8-17-16(10-15)19(23)22-9-1-2-18(22)21-17/h3-8,10H,1-2,9,12H2. The van der Waals surface area contributed by atoms with Gasteiger partial charge in [0.1, 0.15) is 18.2 Å². The van der Waals surface area contributed by atoms with Gasteiger partial charge in [0.25, 0.3) is 5.56 Å². The van der Waals surface area contributed by atoms with Crippen LogP contribution >= 0.6 is 0 Å². The SMILES string of the molecule is N#Cc1ccc(COc2ccc3nc4n(c(=O)c3c2)CCC4)cc1. The van der Waals surface area contributed by atoms with Crippen molar-refractivity contribution in [3.63, 3.8) is 0 Å². The van der Waals surface area contributed by atoms with Crippen LogP contribution in [0.5, 0.6) is 5.75 Å². The van der Waals surface area contributed by atoms with Gasteiger partial charge in [-0.15, -0.1) is 0 Å². The van der Waals surface area contributed by atoms with E-state index in [2.05, 4.69) is 11.1 Å². The Morgan fingerprint density at radius 1 is 1.21 bits per heavy atom. The molecule has 5 nitrogen and oxygen atoms in total. The second-order valence-electron chi connectivity index (χ2n) is 5.86. The van der Waals surface area contributed by atoms with E-state index >= 15 is 0 Å². The van der Waals surface area contributed by atoms with Crippen molar-refractivity contribution in [1.82, 2.24) is 9.55 Å². The zero-order chi connectivity index (χ0) is 16.5. The molecule has 2 aromatic carbocycles. The molecule has 24 heavy (non-hydrogen) atoms. The van der Waals surface area contributed by atoms with Crippen molar-refractivity contribution >= 4 is 10.9 Å². The summed E-state index contributed by atoms with van der Waals surface area (Å²) >= 11 is 0. The van der Waals surface area contributed by atoms with Gasteiger partial charge in [-0.25, -0.2) is 4.98 Å². The Bertz CT molecular complexity index is 1010. The second-order valence-corrected chi connectivity index (χ2v) is 5.86. The Hall–Kier alpha value is -3.13. The van der Waals surface area contributed by atoms with E-state index < -0.39 is 0 Å². The van der Waals surface area contributed by atoms with E-state index in [-0.39, 0.29) is 5.56 Å². The Balaban J connectivity index is 1.61. The van der Waals surface area contributed by atoms with Crippen molar-refractivity contribution in [3.8, 4) is 11.8 Å². The lowest BCUT2D eigenvalue weighted by Gasteiger charge is -2.09. The maximum absolute atomic E-state index is 12.6. The summed E-state index contributed by atoms with van der Waals surface area (Å²) in [6, 6.07) is 14.8. The zero-order valence-corrected chi connectivity index (χ0v) is 13.0. The van der Waals surface area contributed by atoms with Crippen molar-refractivity contribution in [2.24, 2.45) is 0 Å². The summed E-state index contributed by atoms with van der Waals surface area (Å²) in [5, 5.41) is 9.41. The fourth-order valence-electron chi connectivity index (χ4n) is 2.99. The molecule has 0 fully saturated rings. The Morgan fingerprint density at radius 3 is 2.83 bits per heavy atom. The number of fused-ring (bicyclic) bond motifs is 2. The molecule has 1 aliphatic heterocycles. The number of hydrogen-bond acceptors (Lipinski definition) is 4. The molecule has 0 spiro atoms. The number of aromatic nitrogens is 2. The van der Waals surface area contributed by atoms with Crippen LogP contribution in [-0.2, 0) is 19.6 Å². The molecule has 0 unspecified atom stereocenters. The number of hydrogen-bond donors (Lipinski definition) is 0. The smallest absolute Gasteiger partial charge is 0.261 e. The predicted octanol–water partition coefficient (Wildman–Crippen LogP) is 2.79. The number of rotatable bonds is 3. The van der Waals surface area contributed by atoms with Gasteiger partial charge in [0.15, 0.2) is 0 Å². The second kappa shape index (κ2) is 5.82. The van der Waals surface area contributed by atoms with Crippen LogP contribution in [0.3, 0.4) is 0 Å². The third-order valence-corrected chi connectivity index (χ3v) is 4.28. The highest BCUT2D eigenvalue weighted by Crippen LogP contribution is 2.20. The van der Waals surface area contributed by atoms with Gasteiger partial charge in [0.2, 0.25) is 0 Å². The predicted molar refractivity (Wildman–Crippen MR) is 89.8 cm³/mol. The highest BCUT2D eigenvalue weighted by atomic mass is 16.5. The van der Waals surface area contributed by atoms with E-state index in [0.717, 1.165) is 36.3 Å². The van der Waals surface area contributed by atoms with Crippen LogP contribution in [0, 0.1) is 11.3 Å². The molecule has 5 heteroatoms. The molecule has 0 atom stereocenters. The normalized spacial score (nSPS) is 12.8. The first-order valence-corrected chi connectivity index (χ1v) is 7.90. The Labute approximate surface area is 138 Å². The van der Waals surface area contributed by atoms with Crippen LogP contribution in [0.25, 0.3) is 10.9 Å². The van der Waals surface area contributed by atoms with Crippen molar-refractivity contribution in [1.29, 1.82) is 5.26 Å². The number of benzene rings is 2. The van der Waals surface area contributed by atoms with Crippen LogP contribution in [-0.4, -0.2) is 9.55 Å². The zero-order valence-electron chi connectivity index (χ0n) is 13.0. The number of nitrogens with zero attached hydrogens (tertiary/aromatic N) is 3. The summed E-state index contributed by atoms with van der Waals surface area (Å²) in [5.41, 5.74) is 2.32. The molecule has 0 N–H and O–H groups in total. The van der Waals surface area contributed by atoms with Gasteiger partial charge in [-0.1, -0.05) is 12.1 Å². The summed E-state index contributed by atoms with van der Waals surface area (Å²) < 4.78 is 7.55. The van der Waals surface area contributed by atoms with Crippen molar-refractivity contribution < 1.29 is 4.74 Å². The Kier molecular flexibility index (Phi) is 3.51. The molecule has 0 saturated carbocycles. The maximum Gasteiger partial charge on any atom is 0.261 e. The topological polar surface area (TPSA) is 67.9 Å². The highest BCUT2D eigenvalue weighted by molar-refractivity contribution is 5.79. The molecule has 0 saturated heterocycles. The molecular formula is C19H15N3O2. The third-order valence-electron chi connectivity index (χ3n) is 4.28. The van der Waals surface area contributed by atoms with Crippen LogP contribution in [0.2, 0.25) is 0 Å². The lowest BCUT2D eigenvalue weighted by Crippen LogP contribution is -2.20. The van der Waals surface area contributed by atoms with Gasteiger partial charge in [0, 0.05) is 13.0 Å². The fraction of sp³-hybridized carbons (Fsp3) is 0.211. The minimum absolute atomic E-state index is 0.0105. The summed E-state index contributed by atoms with van der Waals surface area (Å²) in [5.74, 6) is 1.52. The number of nitriles is 1. The highest BCUT2D eigenvalue weighted by Gasteiger charge is 2.16. The number of ether oxygens (including phenoxy) is 1. The quantitative estimate of drug-likeness (QED) is 0.745. The molecule has 4 rings (SSSR count). The van der Waals surface area contributed by atoms with Crippen molar-refractivity contribution in [3.05, 3.63) is 69.8 Å². The van der Waals surface area contributed by atoms with E-state index in [9.17, 15) is 4.79 Å². The minimum Gasteiger partial charge on any atom is -0.489 e. The molecule has 0 aliphatic carbocycles. The van der Waals surface area contributed by atoms with Gasteiger partial charge in [-0.05, 0) is 42.3 Å². The molecule has 118 valence electrons. The van der Waals surface area contributed by atoms with Gasteiger partial charge in [-0.3, -0.25) is 9.36 Å². The number of aryl methyl sites for hydroxylation is 1. The van der Waals surface area contributed by atoms with Gasteiger partial charge < -0.3 is 4.74 Å². The van der Waals surface area contributed by atoms with E-state index in [1.165, 1.54) is 0 Å². The average Bonchev–Trinajstić information content (AvgIpc) is 3.09. The Morgan fingerprint density at radius 2 is 2.04 bits per heavy atom. The van der Waals surface area contributed by atoms with E-state index in [1.54, 1.807) is 22.8 Å².